The third-order valence-electron chi connectivity index (χ3n) is 4.25. The van der Waals surface area contributed by atoms with Crippen molar-refractivity contribution in [2.75, 3.05) is 12.4 Å². The molecule has 0 radical (unpaired) electrons. The fourth-order valence-electron chi connectivity index (χ4n) is 2.83. The number of carbonyl (C=O) groups is 2. The van der Waals surface area contributed by atoms with E-state index in [0.29, 0.717) is 33.2 Å². The number of hydrogen-bond acceptors (Lipinski definition) is 8. The Kier molecular flexibility index (Phi) is 4.83. The number of fused-ring (bicyclic) bond motifs is 1. The van der Waals surface area contributed by atoms with E-state index in [1.165, 1.54) is 24.8 Å². The molecule has 0 unspecified atom stereocenters. The van der Waals surface area contributed by atoms with Gasteiger partial charge in [-0.15, -0.1) is 10.2 Å². The lowest BCUT2D eigenvalue weighted by atomic mass is 10.2. The number of anilines is 1. The van der Waals surface area contributed by atoms with Gasteiger partial charge in [0.2, 0.25) is 0 Å². The van der Waals surface area contributed by atoms with Gasteiger partial charge in [-0.25, -0.2) is 9.59 Å². The zero-order chi connectivity index (χ0) is 21.5. The Morgan fingerprint density at radius 2 is 1.77 bits per heavy atom. The molecule has 0 amide bonds. The van der Waals surface area contributed by atoms with E-state index >= 15 is 0 Å². The molecule has 4 rings (SSSR count). The number of benzene rings is 2. The number of hydrogen-bond donors (Lipinski definition) is 1. The first-order valence-electron chi connectivity index (χ1n) is 8.90. The molecule has 0 aliphatic carbocycles. The van der Waals surface area contributed by atoms with Crippen LogP contribution in [-0.4, -0.2) is 39.8 Å². The fraction of sp³-hybridized carbons (Fsp3) is 0.200. The highest BCUT2D eigenvalue weighted by Gasteiger charge is 2.38. The number of ether oxygens (including phenoxy) is 3. The maximum absolute atomic E-state index is 12.0. The highest BCUT2D eigenvalue weighted by molar-refractivity contribution is 6.32. The molecule has 0 bridgehead atoms. The first-order valence-corrected chi connectivity index (χ1v) is 9.28. The van der Waals surface area contributed by atoms with Gasteiger partial charge in [-0.1, -0.05) is 11.6 Å². The summed E-state index contributed by atoms with van der Waals surface area (Å²) in [5, 5.41) is 12.2. The van der Waals surface area contributed by atoms with E-state index in [1.54, 1.807) is 43.5 Å². The molecule has 30 heavy (non-hydrogen) atoms. The first-order chi connectivity index (χ1) is 14.3. The lowest BCUT2D eigenvalue weighted by Crippen LogP contribution is -2.42. The van der Waals surface area contributed by atoms with Gasteiger partial charge in [0.05, 0.1) is 17.8 Å². The molecule has 3 aromatic rings. The van der Waals surface area contributed by atoms with E-state index in [9.17, 15) is 9.59 Å². The predicted octanol–water partition coefficient (Wildman–Crippen LogP) is 3.21. The maximum atomic E-state index is 12.0. The molecular formula is C20H17ClN4O5. The van der Waals surface area contributed by atoms with Gasteiger partial charge < -0.3 is 19.5 Å². The first kappa shape index (κ1) is 19.7. The van der Waals surface area contributed by atoms with Gasteiger partial charge >= 0.3 is 11.9 Å². The number of halogens is 1. The van der Waals surface area contributed by atoms with Crippen LogP contribution in [0.5, 0.6) is 5.75 Å². The number of esters is 2. The van der Waals surface area contributed by atoms with Crippen LogP contribution in [0.4, 0.5) is 5.69 Å². The van der Waals surface area contributed by atoms with Crippen molar-refractivity contribution in [2.24, 2.45) is 0 Å². The number of methoxy groups -OCH3 is 1. The predicted molar refractivity (Wildman–Crippen MR) is 108 cm³/mol. The van der Waals surface area contributed by atoms with Crippen molar-refractivity contribution in [1.82, 2.24) is 15.0 Å². The summed E-state index contributed by atoms with van der Waals surface area (Å²) in [7, 11) is 1.54. The van der Waals surface area contributed by atoms with Gasteiger partial charge in [-0.2, -0.15) is 4.80 Å². The highest BCUT2D eigenvalue weighted by Crippen LogP contribution is 2.27. The lowest BCUT2D eigenvalue weighted by molar-refractivity contribution is -0.222. The minimum atomic E-state index is -1.28. The van der Waals surface area contributed by atoms with Crippen molar-refractivity contribution in [3.63, 3.8) is 0 Å². The van der Waals surface area contributed by atoms with Crippen molar-refractivity contribution >= 4 is 40.3 Å². The third-order valence-corrected chi connectivity index (χ3v) is 4.54. The molecule has 154 valence electrons. The second-order valence-electron chi connectivity index (χ2n) is 6.89. The largest absolute Gasteiger partial charge is 0.495 e. The van der Waals surface area contributed by atoms with E-state index in [2.05, 4.69) is 15.5 Å². The Morgan fingerprint density at radius 1 is 1.07 bits per heavy atom. The molecule has 0 atom stereocenters. The zero-order valence-corrected chi connectivity index (χ0v) is 17.1. The molecule has 0 saturated carbocycles. The van der Waals surface area contributed by atoms with Gasteiger partial charge in [0.25, 0.3) is 5.79 Å². The molecule has 1 aliphatic rings. The summed E-state index contributed by atoms with van der Waals surface area (Å²) in [4.78, 5) is 25.5. The van der Waals surface area contributed by atoms with E-state index < -0.39 is 17.7 Å². The summed E-state index contributed by atoms with van der Waals surface area (Å²) >= 11 is 6.17. The van der Waals surface area contributed by atoms with Crippen molar-refractivity contribution in [1.29, 1.82) is 0 Å². The van der Waals surface area contributed by atoms with Gasteiger partial charge in [0.1, 0.15) is 16.8 Å². The van der Waals surface area contributed by atoms with Crippen LogP contribution in [0.1, 0.15) is 13.8 Å². The summed E-state index contributed by atoms with van der Waals surface area (Å²) in [6.45, 7) is 2.97. The Bertz CT molecular complexity index is 1180. The number of aromatic nitrogens is 3. The lowest BCUT2D eigenvalue weighted by Gasteiger charge is -2.29. The van der Waals surface area contributed by atoms with Crippen LogP contribution in [0.3, 0.4) is 0 Å². The SMILES string of the molecule is COc1ccc(-n2nc3ccc(NC=C4C(=O)OC(C)(C)OC4=O)cc3n2)cc1Cl. The summed E-state index contributed by atoms with van der Waals surface area (Å²) in [6.07, 6.45) is 1.24. The molecule has 9 nitrogen and oxygen atoms in total. The average Bonchev–Trinajstić information content (AvgIpc) is 3.09. The van der Waals surface area contributed by atoms with E-state index in [-0.39, 0.29) is 5.57 Å². The van der Waals surface area contributed by atoms with Crippen LogP contribution in [0.15, 0.2) is 48.2 Å². The minimum absolute atomic E-state index is 0.231. The molecule has 10 heteroatoms. The summed E-state index contributed by atoms with van der Waals surface area (Å²) < 4.78 is 15.3. The smallest absolute Gasteiger partial charge is 0.350 e. The van der Waals surface area contributed by atoms with E-state index in [1.807, 2.05) is 0 Å². The maximum Gasteiger partial charge on any atom is 0.350 e. The molecule has 1 N–H and O–H groups in total. The average molecular weight is 429 g/mol. The Balaban J connectivity index is 1.58. The Hall–Kier alpha value is -3.59. The monoisotopic (exact) mass is 428 g/mol. The molecule has 1 aromatic heterocycles. The second-order valence-corrected chi connectivity index (χ2v) is 7.30. The third kappa shape index (κ3) is 3.79. The summed E-state index contributed by atoms with van der Waals surface area (Å²) in [5.41, 5.74) is 2.29. The van der Waals surface area contributed by atoms with Gasteiger partial charge in [-0.05, 0) is 36.4 Å². The molecule has 0 spiro atoms. The van der Waals surface area contributed by atoms with Crippen LogP contribution in [-0.2, 0) is 19.1 Å². The number of nitrogens with zero attached hydrogens (tertiary/aromatic N) is 3. The highest BCUT2D eigenvalue weighted by atomic mass is 35.5. The van der Waals surface area contributed by atoms with Crippen LogP contribution in [0, 0.1) is 0 Å². The van der Waals surface area contributed by atoms with Crippen LogP contribution in [0.25, 0.3) is 16.7 Å². The number of cyclic esters (lactones) is 2. The normalized spacial score (nSPS) is 15.5. The van der Waals surface area contributed by atoms with E-state index in [0.717, 1.165) is 0 Å². The standard InChI is InChI=1S/C20H17ClN4O5/c1-20(2)29-18(26)13(19(27)30-20)10-22-11-4-6-15-16(8-11)24-25(23-15)12-5-7-17(28-3)14(21)9-12/h4-10,22H,1-3H3. The van der Waals surface area contributed by atoms with Gasteiger partial charge in [-0.3, -0.25) is 0 Å². The quantitative estimate of drug-likeness (QED) is 0.383. The van der Waals surface area contributed by atoms with Crippen LogP contribution < -0.4 is 10.1 Å². The minimum Gasteiger partial charge on any atom is -0.495 e. The van der Waals surface area contributed by atoms with Crippen molar-refractivity contribution in [3.05, 3.63) is 53.2 Å². The molecular weight excluding hydrogens is 412 g/mol. The number of carbonyl (C=O) groups excluding carboxylic acids is 2. The molecule has 2 aromatic carbocycles. The van der Waals surface area contributed by atoms with E-state index in [4.69, 9.17) is 25.8 Å². The van der Waals surface area contributed by atoms with Crippen LogP contribution in [0.2, 0.25) is 5.02 Å². The Labute approximate surface area is 176 Å². The molecule has 1 aliphatic heterocycles. The van der Waals surface area contributed by atoms with Gasteiger partial charge in [0.15, 0.2) is 5.57 Å². The van der Waals surface area contributed by atoms with Crippen LogP contribution >= 0.6 is 11.6 Å². The van der Waals surface area contributed by atoms with Crippen molar-refractivity contribution in [3.8, 4) is 11.4 Å². The van der Waals surface area contributed by atoms with Crippen molar-refractivity contribution in [2.45, 2.75) is 19.6 Å². The molecule has 2 heterocycles. The zero-order valence-electron chi connectivity index (χ0n) is 16.3. The Morgan fingerprint density at radius 3 is 2.43 bits per heavy atom. The fourth-order valence-corrected chi connectivity index (χ4v) is 3.09. The van der Waals surface area contributed by atoms with Gasteiger partial charge in [0, 0.05) is 25.7 Å². The second kappa shape index (κ2) is 7.34. The number of nitrogens with one attached hydrogen (secondary N) is 1. The molecule has 1 saturated heterocycles. The van der Waals surface area contributed by atoms with Crippen molar-refractivity contribution < 1.29 is 23.8 Å². The topological polar surface area (TPSA) is 105 Å². The summed E-state index contributed by atoms with van der Waals surface area (Å²) in [5.74, 6) is -2.24. The summed E-state index contributed by atoms with van der Waals surface area (Å²) in [6, 6.07) is 10.4. The number of rotatable bonds is 4. The molecule has 1 fully saturated rings.